The number of nitrogens with one attached hydrogen (secondary N) is 1. The summed E-state index contributed by atoms with van der Waals surface area (Å²) in [4.78, 5) is 25.8. The van der Waals surface area contributed by atoms with Crippen LogP contribution < -0.4 is 5.32 Å². The number of halogens is 3. The number of amides is 2. The fourth-order valence-electron chi connectivity index (χ4n) is 3.07. The molecular weight excluding hydrogens is 405 g/mol. The van der Waals surface area contributed by atoms with Crippen molar-refractivity contribution in [1.82, 2.24) is 14.7 Å². The van der Waals surface area contributed by atoms with Crippen LogP contribution in [0.1, 0.15) is 29.9 Å². The number of carbonyl (C=O) groups excluding carboxylic acids is 2. The van der Waals surface area contributed by atoms with E-state index in [2.05, 4.69) is 15.2 Å². The van der Waals surface area contributed by atoms with Crippen molar-refractivity contribution in [1.29, 1.82) is 0 Å². The average Bonchev–Trinajstić information content (AvgIpc) is 3.14. The van der Waals surface area contributed by atoms with Crippen LogP contribution in [0.3, 0.4) is 0 Å². The van der Waals surface area contributed by atoms with Gasteiger partial charge < -0.3 is 19.7 Å². The van der Waals surface area contributed by atoms with E-state index in [0.29, 0.717) is 30.1 Å². The van der Waals surface area contributed by atoms with Crippen molar-refractivity contribution < 1.29 is 32.2 Å². The van der Waals surface area contributed by atoms with Crippen LogP contribution in [0.25, 0.3) is 5.69 Å². The number of esters is 1. The average molecular weight is 426 g/mol. The minimum atomic E-state index is -4.82. The van der Waals surface area contributed by atoms with Crippen molar-refractivity contribution in [2.24, 2.45) is 0 Å². The topological polar surface area (TPSA) is 85.7 Å². The Morgan fingerprint density at radius 3 is 2.60 bits per heavy atom. The molecule has 2 heterocycles. The lowest BCUT2D eigenvalue weighted by molar-refractivity contribution is -0.143. The fraction of sp³-hybridized carbons (Fsp3) is 0.421. The lowest BCUT2D eigenvalue weighted by atomic mass is 10.2. The Kier molecular flexibility index (Phi) is 6.30. The van der Waals surface area contributed by atoms with E-state index in [-0.39, 0.29) is 24.4 Å². The van der Waals surface area contributed by atoms with E-state index in [1.807, 2.05) is 6.92 Å². The second-order valence-electron chi connectivity index (χ2n) is 6.64. The second-order valence-corrected chi connectivity index (χ2v) is 6.64. The number of anilines is 1. The van der Waals surface area contributed by atoms with Crippen LogP contribution in [-0.4, -0.2) is 59.1 Å². The number of rotatable bonds is 4. The highest BCUT2D eigenvalue weighted by Crippen LogP contribution is 2.34. The van der Waals surface area contributed by atoms with E-state index in [1.165, 1.54) is 31.2 Å². The Balaban J connectivity index is 1.81. The molecule has 0 bridgehead atoms. The maximum Gasteiger partial charge on any atom is 0.434 e. The van der Waals surface area contributed by atoms with E-state index in [1.54, 1.807) is 4.90 Å². The zero-order chi connectivity index (χ0) is 21.9. The van der Waals surface area contributed by atoms with Gasteiger partial charge >= 0.3 is 18.2 Å². The lowest BCUT2D eigenvalue weighted by Gasteiger charge is -2.31. The van der Waals surface area contributed by atoms with Gasteiger partial charge in [-0.15, -0.1) is 0 Å². The minimum Gasteiger partial charge on any atom is -0.462 e. The van der Waals surface area contributed by atoms with Crippen LogP contribution in [0.2, 0.25) is 0 Å². The normalized spacial score (nSPS) is 17.0. The number of carbonyl (C=O) groups is 2. The number of benzene rings is 1. The van der Waals surface area contributed by atoms with Gasteiger partial charge in [0.05, 0.1) is 31.2 Å². The lowest BCUT2D eigenvalue weighted by Crippen LogP contribution is -2.46. The van der Waals surface area contributed by atoms with E-state index >= 15 is 0 Å². The first-order valence-electron chi connectivity index (χ1n) is 9.31. The number of nitrogens with zero attached hydrogens (tertiary/aromatic N) is 3. The van der Waals surface area contributed by atoms with Gasteiger partial charge in [0.15, 0.2) is 5.69 Å². The molecule has 1 aromatic carbocycles. The molecule has 2 amide bonds. The molecule has 30 heavy (non-hydrogen) atoms. The molecule has 1 atom stereocenters. The molecule has 1 aromatic heterocycles. The van der Waals surface area contributed by atoms with E-state index in [4.69, 9.17) is 4.74 Å². The molecule has 1 N–H and O–H groups in total. The fourth-order valence-corrected chi connectivity index (χ4v) is 3.07. The predicted molar refractivity (Wildman–Crippen MR) is 101 cm³/mol. The molecule has 1 aliphatic rings. The molecule has 0 radical (unpaired) electrons. The van der Waals surface area contributed by atoms with Crippen molar-refractivity contribution >= 4 is 17.7 Å². The van der Waals surface area contributed by atoms with Crippen LogP contribution in [0.5, 0.6) is 0 Å². The summed E-state index contributed by atoms with van der Waals surface area (Å²) in [6.45, 7) is 4.64. The SMILES string of the molecule is CCOC(=O)c1cnn(-c2ccc(NC(=O)N3CCOC(C)C3)cc2)c1C(F)(F)F. The van der Waals surface area contributed by atoms with Crippen LogP contribution in [0, 0.1) is 0 Å². The minimum absolute atomic E-state index is 0.0579. The molecule has 0 spiro atoms. The number of alkyl halides is 3. The Morgan fingerprint density at radius 2 is 2.00 bits per heavy atom. The first-order valence-corrected chi connectivity index (χ1v) is 9.31. The molecule has 11 heteroatoms. The quantitative estimate of drug-likeness (QED) is 0.759. The van der Waals surface area contributed by atoms with Crippen LogP contribution >= 0.6 is 0 Å². The van der Waals surface area contributed by atoms with Crippen LogP contribution in [-0.2, 0) is 15.7 Å². The monoisotopic (exact) mass is 426 g/mol. The maximum atomic E-state index is 13.6. The van der Waals surface area contributed by atoms with Crippen molar-refractivity contribution in [2.45, 2.75) is 26.1 Å². The van der Waals surface area contributed by atoms with Crippen LogP contribution in [0.15, 0.2) is 30.5 Å². The summed E-state index contributed by atoms with van der Waals surface area (Å²) in [5.41, 5.74) is -1.40. The van der Waals surface area contributed by atoms with E-state index in [9.17, 15) is 22.8 Å². The summed E-state index contributed by atoms with van der Waals surface area (Å²) in [7, 11) is 0. The van der Waals surface area contributed by atoms with E-state index in [0.717, 1.165) is 6.20 Å². The van der Waals surface area contributed by atoms with Gasteiger partial charge in [-0.05, 0) is 38.1 Å². The first kappa shape index (κ1) is 21.6. The summed E-state index contributed by atoms with van der Waals surface area (Å²) in [5.74, 6) is -1.10. The highest BCUT2D eigenvalue weighted by Gasteiger charge is 2.41. The Morgan fingerprint density at radius 1 is 1.30 bits per heavy atom. The molecule has 1 fully saturated rings. The zero-order valence-electron chi connectivity index (χ0n) is 16.4. The van der Waals surface area contributed by atoms with Gasteiger partial charge in [-0.1, -0.05) is 0 Å². The van der Waals surface area contributed by atoms with Crippen molar-refractivity contribution in [3.05, 3.63) is 41.7 Å². The van der Waals surface area contributed by atoms with Gasteiger partial charge in [-0.2, -0.15) is 18.3 Å². The third-order valence-corrected chi connectivity index (χ3v) is 4.42. The molecule has 0 saturated carbocycles. The molecule has 0 aliphatic carbocycles. The summed E-state index contributed by atoms with van der Waals surface area (Å²) in [6.07, 6.45) is -4.06. The summed E-state index contributed by atoms with van der Waals surface area (Å²) in [6, 6.07) is 5.34. The molecule has 2 aromatic rings. The number of hydrogen-bond donors (Lipinski definition) is 1. The Bertz CT molecular complexity index is 911. The molecule has 162 valence electrons. The second kappa shape index (κ2) is 8.74. The first-order chi connectivity index (χ1) is 14.2. The highest BCUT2D eigenvalue weighted by molar-refractivity contribution is 5.91. The smallest absolute Gasteiger partial charge is 0.434 e. The number of aromatic nitrogens is 2. The highest BCUT2D eigenvalue weighted by atomic mass is 19.4. The molecular formula is C19H21F3N4O4. The van der Waals surface area contributed by atoms with Crippen molar-refractivity contribution in [2.75, 3.05) is 31.6 Å². The molecule has 1 saturated heterocycles. The molecule has 3 rings (SSSR count). The zero-order valence-corrected chi connectivity index (χ0v) is 16.4. The van der Waals surface area contributed by atoms with Gasteiger partial charge in [0.25, 0.3) is 0 Å². The van der Waals surface area contributed by atoms with Crippen LogP contribution in [0.4, 0.5) is 23.7 Å². The predicted octanol–water partition coefficient (Wildman–Crippen LogP) is 3.32. The number of ether oxygens (including phenoxy) is 2. The van der Waals surface area contributed by atoms with Gasteiger partial charge in [0.2, 0.25) is 0 Å². The number of urea groups is 1. The van der Waals surface area contributed by atoms with Gasteiger partial charge in [0, 0.05) is 18.8 Å². The third kappa shape index (κ3) is 4.73. The molecule has 1 unspecified atom stereocenters. The summed E-state index contributed by atoms with van der Waals surface area (Å²) < 4.78 is 51.4. The number of morpholine rings is 1. The van der Waals surface area contributed by atoms with Gasteiger partial charge in [-0.3, -0.25) is 0 Å². The third-order valence-electron chi connectivity index (χ3n) is 4.42. The standard InChI is InChI=1S/C19H21F3N4O4/c1-3-29-17(27)15-10-23-26(16(15)19(20,21)22)14-6-4-13(5-7-14)24-18(28)25-8-9-30-12(2)11-25/h4-7,10,12H,3,8-9,11H2,1-2H3,(H,24,28). The summed E-state index contributed by atoms with van der Waals surface area (Å²) >= 11 is 0. The Labute approximate surface area is 170 Å². The van der Waals surface area contributed by atoms with E-state index < -0.39 is 23.4 Å². The van der Waals surface area contributed by atoms with Crippen molar-refractivity contribution in [3.8, 4) is 5.69 Å². The molecule has 1 aliphatic heterocycles. The van der Waals surface area contributed by atoms with Gasteiger partial charge in [0.1, 0.15) is 5.56 Å². The number of hydrogen-bond acceptors (Lipinski definition) is 5. The largest absolute Gasteiger partial charge is 0.462 e. The molecule has 8 nitrogen and oxygen atoms in total. The Hall–Kier alpha value is -3.08. The van der Waals surface area contributed by atoms with Crippen molar-refractivity contribution in [3.63, 3.8) is 0 Å². The maximum absolute atomic E-state index is 13.6. The summed E-state index contributed by atoms with van der Waals surface area (Å²) in [5, 5.41) is 6.42. The van der Waals surface area contributed by atoms with Gasteiger partial charge in [-0.25, -0.2) is 14.3 Å².